The molecule has 0 aromatic heterocycles. The molecule has 5 heteroatoms. The van der Waals surface area contributed by atoms with Crippen molar-refractivity contribution in [3.63, 3.8) is 0 Å². The lowest BCUT2D eigenvalue weighted by Gasteiger charge is -2.30. The van der Waals surface area contributed by atoms with Gasteiger partial charge in [0.2, 0.25) is 5.91 Å². The Bertz CT molecular complexity index is 544. The number of likely N-dealkylation sites (tertiary alicyclic amines) is 1. The molecule has 0 N–H and O–H groups in total. The van der Waals surface area contributed by atoms with E-state index in [1.165, 1.54) is 7.11 Å². The summed E-state index contributed by atoms with van der Waals surface area (Å²) in [7, 11) is 1.36. The first-order chi connectivity index (χ1) is 9.45. The lowest BCUT2D eigenvalue weighted by Crippen LogP contribution is -2.41. The van der Waals surface area contributed by atoms with Crippen LogP contribution in [0.3, 0.4) is 0 Å². The van der Waals surface area contributed by atoms with E-state index in [4.69, 9.17) is 4.74 Å². The zero-order valence-corrected chi connectivity index (χ0v) is 13.4. The van der Waals surface area contributed by atoms with Crippen LogP contribution in [0.1, 0.15) is 36.9 Å². The molecule has 20 heavy (non-hydrogen) atoms. The molecule has 1 fully saturated rings. The highest BCUT2D eigenvalue weighted by molar-refractivity contribution is 9.10. The molecule has 108 valence electrons. The van der Waals surface area contributed by atoms with Crippen molar-refractivity contribution in [2.45, 2.75) is 38.8 Å². The highest BCUT2D eigenvalue weighted by atomic mass is 79.9. The van der Waals surface area contributed by atoms with E-state index < -0.39 is 6.04 Å². The van der Waals surface area contributed by atoms with E-state index in [0.29, 0.717) is 12.8 Å². The van der Waals surface area contributed by atoms with Crippen LogP contribution in [0, 0.1) is 6.92 Å². The van der Waals surface area contributed by atoms with Crippen molar-refractivity contribution >= 4 is 27.8 Å². The molecule has 0 spiro atoms. The van der Waals surface area contributed by atoms with E-state index in [1.807, 2.05) is 32.0 Å². The number of aryl methyl sites for hydroxylation is 1. The topological polar surface area (TPSA) is 46.6 Å². The molecule has 1 aliphatic heterocycles. The number of hydrogen-bond acceptors (Lipinski definition) is 3. The summed E-state index contributed by atoms with van der Waals surface area (Å²) >= 11 is 3.43. The van der Waals surface area contributed by atoms with Crippen LogP contribution in [0.2, 0.25) is 0 Å². The first-order valence-corrected chi connectivity index (χ1v) is 7.40. The number of rotatable bonds is 3. The van der Waals surface area contributed by atoms with Crippen molar-refractivity contribution in [3.8, 4) is 0 Å². The van der Waals surface area contributed by atoms with Crippen LogP contribution in [-0.4, -0.2) is 29.9 Å². The predicted octanol–water partition coefficient (Wildman–Crippen LogP) is 2.98. The number of ether oxygens (including phenoxy) is 1. The molecule has 1 amide bonds. The number of methoxy groups -OCH3 is 1. The normalized spacial score (nSPS) is 20.1. The first kappa shape index (κ1) is 15.0. The van der Waals surface area contributed by atoms with Crippen molar-refractivity contribution < 1.29 is 14.3 Å². The zero-order chi connectivity index (χ0) is 14.9. The van der Waals surface area contributed by atoms with Gasteiger partial charge in [-0.2, -0.15) is 0 Å². The fourth-order valence-corrected chi connectivity index (χ4v) is 3.29. The van der Waals surface area contributed by atoms with Crippen molar-refractivity contribution in [3.05, 3.63) is 33.8 Å². The third-order valence-corrected chi connectivity index (χ3v) is 4.32. The minimum Gasteiger partial charge on any atom is -0.467 e. The van der Waals surface area contributed by atoms with Crippen LogP contribution in [0.5, 0.6) is 0 Å². The number of benzene rings is 1. The lowest BCUT2D eigenvalue weighted by atomic mass is 10.0. The number of halogens is 1. The van der Waals surface area contributed by atoms with Gasteiger partial charge in [-0.05, 0) is 43.5 Å². The molecule has 2 unspecified atom stereocenters. The Balaban J connectivity index is 2.32. The predicted molar refractivity (Wildman–Crippen MR) is 79.2 cm³/mol. The summed E-state index contributed by atoms with van der Waals surface area (Å²) in [6, 6.07) is 5.35. The molecule has 1 aromatic carbocycles. The molecule has 2 rings (SSSR count). The molecular weight excluding hydrogens is 322 g/mol. The summed E-state index contributed by atoms with van der Waals surface area (Å²) in [4.78, 5) is 25.6. The molecule has 0 saturated carbocycles. The Hall–Kier alpha value is -1.36. The summed E-state index contributed by atoms with van der Waals surface area (Å²) in [5.41, 5.74) is 2.15. The van der Waals surface area contributed by atoms with Gasteiger partial charge in [0.05, 0.1) is 13.2 Å². The van der Waals surface area contributed by atoms with Crippen LogP contribution in [0.25, 0.3) is 0 Å². The fourth-order valence-electron chi connectivity index (χ4n) is 2.81. The Morgan fingerprint density at radius 3 is 2.80 bits per heavy atom. The maximum Gasteiger partial charge on any atom is 0.328 e. The molecular formula is C15H18BrNO3. The van der Waals surface area contributed by atoms with Crippen molar-refractivity contribution in [1.82, 2.24) is 4.90 Å². The summed E-state index contributed by atoms with van der Waals surface area (Å²) in [6.45, 7) is 3.96. The van der Waals surface area contributed by atoms with E-state index in [1.54, 1.807) is 4.90 Å². The van der Waals surface area contributed by atoms with E-state index >= 15 is 0 Å². The van der Waals surface area contributed by atoms with E-state index in [9.17, 15) is 9.59 Å². The Morgan fingerprint density at radius 2 is 2.20 bits per heavy atom. The van der Waals surface area contributed by atoms with Gasteiger partial charge in [0, 0.05) is 10.9 Å². The van der Waals surface area contributed by atoms with Crippen LogP contribution in [0.4, 0.5) is 0 Å². The Kier molecular flexibility index (Phi) is 4.48. The van der Waals surface area contributed by atoms with Gasteiger partial charge < -0.3 is 9.64 Å². The maximum atomic E-state index is 12.1. The third kappa shape index (κ3) is 2.73. The minimum absolute atomic E-state index is 0.00946. The largest absolute Gasteiger partial charge is 0.467 e. The van der Waals surface area contributed by atoms with Crippen molar-refractivity contribution in [1.29, 1.82) is 0 Å². The highest BCUT2D eigenvalue weighted by Crippen LogP contribution is 2.33. The van der Waals surface area contributed by atoms with E-state index in [-0.39, 0.29) is 17.9 Å². The van der Waals surface area contributed by atoms with Gasteiger partial charge >= 0.3 is 5.97 Å². The van der Waals surface area contributed by atoms with Gasteiger partial charge in [0.25, 0.3) is 0 Å². The SMILES string of the molecule is COC(=O)C1CCC(=O)N1C(C)c1ccc(Br)cc1C. The second kappa shape index (κ2) is 5.95. The Labute approximate surface area is 127 Å². The minimum atomic E-state index is -0.467. The number of esters is 1. The quantitative estimate of drug-likeness (QED) is 0.795. The van der Waals surface area contributed by atoms with Crippen molar-refractivity contribution in [2.75, 3.05) is 7.11 Å². The van der Waals surface area contributed by atoms with Crippen LogP contribution in [0.15, 0.2) is 22.7 Å². The van der Waals surface area contributed by atoms with Crippen LogP contribution < -0.4 is 0 Å². The number of carbonyl (C=O) groups is 2. The smallest absolute Gasteiger partial charge is 0.328 e. The van der Waals surface area contributed by atoms with Crippen LogP contribution >= 0.6 is 15.9 Å². The van der Waals surface area contributed by atoms with Crippen LogP contribution in [-0.2, 0) is 14.3 Å². The van der Waals surface area contributed by atoms with Gasteiger partial charge in [-0.25, -0.2) is 4.79 Å². The molecule has 0 bridgehead atoms. The summed E-state index contributed by atoms with van der Waals surface area (Å²) < 4.78 is 5.81. The maximum absolute atomic E-state index is 12.1. The second-order valence-electron chi connectivity index (χ2n) is 5.06. The van der Waals surface area contributed by atoms with E-state index in [2.05, 4.69) is 15.9 Å². The third-order valence-electron chi connectivity index (χ3n) is 3.83. The van der Waals surface area contributed by atoms with Gasteiger partial charge in [0.15, 0.2) is 0 Å². The summed E-state index contributed by atoms with van der Waals surface area (Å²) in [5.74, 6) is -0.326. The van der Waals surface area contributed by atoms with E-state index in [0.717, 1.165) is 15.6 Å². The average Bonchev–Trinajstić information content (AvgIpc) is 2.79. The first-order valence-electron chi connectivity index (χ1n) is 6.60. The fraction of sp³-hybridized carbons (Fsp3) is 0.467. The second-order valence-corrected chi connectivity index (χ2v) is 5.97. The number of nitrogens with zero attached hydrogens (tertiary/aromatic N) is 1. The lowest BCUT2D eigenvalue weighted by molar-refractivity contribution is -0.150. The molecule has 4 nitrogen and oxygen atoms in total. The highest BCUT2D eigenvalue weighted by Gasteiger charge is 2.40. The van der Waals surface area contributed by atoms with Gasteiger partial charge in [-0.15, -0.1) is 0 Å². The molecule has 1 aliphatic rings. The Morgan fingerprint density at radius 1 is 1.50 bits per heavy atom. The number of carbonyl (C=O) groups excluding carboxylic acids is 2. The van der Waals surface area contributed by atoms with Gasteiger partial charge in [-0.3, -0.25) is 4.79 Å². The average molecular weight is 340 g/mol. The van der Waals surface area contributed by atoms with Gasteiger partial charge in [0.1, 0.15) is 6.04 Å². The van der Waals surface area contributed by atoms with Crippen molar-refractivity contribution in [2.24, 2.45) is 0 Å². The standard InChI is InChI=1S/C15H18BrNO3/c1-9-8-11(16)4-5-12(9)10(2)17-13(15(19)20-3)6-7-14(17)18/h4-5,8,10,13H,6-7H2,1-3H3. The molecule has 2 atom stereocenters. The monoisotopic (exact) mass is 339 g/mol. The zero-order valence-electron chi connectivity index (χ0n) is 11.9. The molecule has 0 radical (unpaired) electrons. The summed E-state index contributed by atoms with van der Waals surface area (Å²) in [5, 5.41) is 0. The molecule has 1 aromatic rings. The molecule has 1 saturated heterocycles. The van der Waals surface area contributed by atoms with Gasteiger partial charge in [-0.1, -0.05) is 22.0 Å². The molecule has 1 heterocycles. The summed E-state index contributed by atoms with van der Waals surface area (Å²) in [6.07, 6.45) is 0.936. The number of amides is 1. The number of hydrogen-bond donors (Lipinski definition) is 0. The molecule has 0 aliphatic carbocycles.